The largest absolute Gasteiger partial charge is 0.377 e. The second-order valence-corrected chi connectivity index (χ2v) is 5.16. The fraction of sp³-hybridized carbons (Fsp3) is 0.364. The quantitative estimate of drug-likeness (QED) is 0.783. The first kappa shape index (κ1) is 13.4. The van der Waals surface area contributed by atoms with Gasteiger partial charge in [0.05, 0.1) is 11.5 Å². The van der Waals surface area contributed by atoms with Crippen molar-refractivity contribution in [3.63, 3.8) is 0 Å². The van der Waals surface area contributed by atoms with Crippen molar-refractivity contribution in [2.75, 3.05) is 19.5 Å². The summed E-state index contributed by atoms with van der Waals surface area (Å²) in [6.45, 7) is 0.00820. The molecular formula is C11H13ClO3S. The molecule has 3 nitrogen and oxygen atoms in total. The van der Waals surface area contributed by atoms with Crippen molar-refractivity contribution in [3.05, 3.63) is 34.9 Å². The van der Waals surface area contributed by atoms with Gasteiger partial charge in [-0.2, -0.15) is 0 Å². The Labute approximate surface area is 102 Å². The number of benzene rings is 1. The van der Waals surface area contributed by atoms with Gasteiger partial charge in [-0.15, -0.1) is 0 Å². The Balaban J connectivity index is 2.52. The molecule has 5 heteroatoms. The van der Waals surface area contributed by atoms with E-state index in [1.807, 2.05) is 12.1 Å². The molecule has 0 fully saturated rings. The molecule has 16 heavy (non-hydrogen) atoms. The van der Waals surface area contributed by atoms with Crippen molar-refractivity contribution < 1.29 is 13.7 Å². The van der Waals surface area contributed by atoms with Crippen LogP contribution >= 0.6 is 11.6 Å². The lowest BCUT2D eigenvalue weighted by molar-refractivity contribution is -0.120. The standard InChI is InChI=1S/C11H13ClO3S/c1-15-6-10(13)8-16(14)7-9-4-2-3-5-11(9)12/h2-5H,6-8H2,1H3. The van der Waals surface area contributed by atoms with Crippen LogP contribution in [-0.4, -0.2) is 29.5 Å². The Morgan fingerprint density at radius 1 is 1.44 bits per heavy atom. The average molecular weight is 261 g/mol. The summed E-state index contributed by atoms with van der Waals surface area (Å²) in [6.07, 6.45) is 0. The van der Waals surface area contributed by atoms with Crippen LogP contribution in [0.5, 0.6) is 0 Å². The van der Waals surface area contributed by atoms with E-state index in [0.29, 0.717) is 10.8 Å². The van der Waals surface area contributed by atoms with E-state index in [0.717, 1.165) is 5.56 Å². The fourth-order valence-electron chi connectivity index (χ4n) is 1.22. The summed E-state index contributed by atoms with van der Waals surface area (Å²) in [4.78, 5) is 11.2. The summed E-state index contributed by atoms with van der Waals surface area (Å²) in [5.74, 6) is 0.154. The Morgan fingerprint density at radius 3 is 2.75 bits per heavy atom. The molecule has 0 radical (unpaired) electrons. The monoisotopic (exact) mass is 260 g/mol. The van der Waals surface area contributed by atoms with Gasteiger partial charge < -0.3 is 4.74 Å². The highest BCUT2D eigenvalue weighted by atomic mass is 35.5. The van der Waals surface area contributed by atoms with Crippen molar-refractivity contribution in [1.29, 1.82) is 0 Å². The van der Waals surface area contributed by atoms with Crippen molar-refractivity contribution in [3.8, 4) is 0 Å². The molecule has 0 aliphatic rings. The zero-order valence-electron chi connectivity index (χ0n) is 8.94. The lowest BCUT2D eigenvalue weighted by Gasteiger charge is -2.03. The van der Waals surface area contributed by atoms with E-state index in [9.17, 15) is 9.00 Å². The van der Waals surface area contributed by atoms with E-state index in [4.69, 9.17) is 11.6 Å². The first-order valence-electron chi connectivity index (χ1n) is 4.72. The SMILES string of the molecule is COCC(=O)CS(=O)Cc1ccccc1Cl. The van der Waals surface area contributed by atoms with E-state index < -0.39 is 10.8 Å². The molecule has 1 rings (SSSR count). The molecule has 0 N–H and O–H groups in total. The van der Waals surface area contributed by atoms with Crippen molar-refractivity contribution in [2.24, 2.45) is 0 Å². The molecule has 0 saturated heterocycles. The molecule has 0 aliphatic carbocycles. The topological polar surface area (TPSA) is 43.4 Å². The van der Waals surface area contributed by atoms with Crippen molar-refractivity contribution in [2.45, 2.75) is 5.75 Å². The Morgan fingerprint density at radius 2 is 2.12 bits per heavy atom. The third-order valence-electron chi connectivity index (χ3n) is 1.90. The number of hydrogen-bond acceptors (Lipinski definition) is 3. The first-order chi connectivity index (χ1) is 7.63. The zero-order chi connectivity index (χ0) is 12.0. The number of carbonyl (C=O) groups is 1. The van der Waals surface area contributed by atoms with Gasteiger partial charge in [0.2, 0.25) is 0 Å². The number of rotatable bonds is 6. The zero-order valence-corrected chi connectivity index (χ0v) is 10.5. The van der Waals surface area contributed by atoms with Crippen LogP contribution in [0, 0.1) is 0 Å². The molecule has 1 unspecified atom stereocenters. The number of hydrogen-bond donors (Lipinski definition) is 0. The minimum atomic E-state index is -1.23. The predicted octanol–water partition coefficient (Wildman–Crippen LogP) is 1.80. The van der Waals surface area contributed by atoms with Crippen LogP contribution in [0.2, 0.25) is 5.02 Å². The van der Waals surface area contributed by atoms with Crippen LogP contribution in [0.25, 0.3) is 0 Å². The number of ketones is 1. The van der Waals surface area contributed by atoms with E-state index in [1.165, 1.54) is 7.11 Å². The molecule has 0 aromatic heterocycles. The van der Waals surface area contributed by atoms with Gasteiger partial charge in [0.15, 0.2) is 5.78 Å². The van der Waals surface area contributed by atoms with Gasteiger partial charge in [0.25, 0.3) is 0 Å². The van der Waals surface area contributed by atoms with Gasteiger partial charge in [-0.3, -0.25) is 9.00 Å². The molecule has 0 aliphatic heterocycles. The predicted molar refractivity (Wildman–Crippen MR) is 65.0 cm³/mol. The average Bonchev–Trinajstić information content (AvgIpc) is 2.21. The maximum absolute atomic E-state index is 11.6. The van der Waals surface area contributed by atoms with Crippen LogP contribution in [0.4, 0.5) is 0 Å². The van der Waals surface area contributed by atoms with Crippen LogP contribution < -0.4 is 0 Å². The number of ether oxygens (including phenoxy) is 1. The first-order valence-corrected chi connectivity index (χ1v) is 6.59. The highest BCUT2D eigenvalue weighted by Gasteiger charge is 2.10. The summed E-state index contributed by atoms with van der Waals surface area (Å²) in [5, 5.41) is 0.579. The third-order valence-corrected chi connectivity index (χ3v) is 3.55. The molecule has 0 amide bonds. The molecule has 0 heterocycles. The van der Waals surface area contributed by atoms with Gasteiger partial charge in [0, 0.05) is 22.9 Å². The Kier molecular flexibility index (Phi) is 5.66. The highest BCUT2D eigenvalue weighted by molar-refractivity contribution is 7.84. The molecule has 1 aromatic carbocycles. The summed E-state index contributed by atoms with van der Waals surface area (Å²) >= 11 is 5.92. The van der Waals surface area contributed by atoms with Crippen molar-refractivity contribution >= 4 is 28.2 Å². The molecule has 0 saturated carbocycles. The maximum atomic E-state index is 11.6. The maximum Gasteiger partial charge on any atom is 0.170 e. The van der Waals surface area contributed by atoms with Gasteiger partial charge in [-0.1, -0.05) is 29.8 Å². The molecule has 0 spiro atoms. The third kappa shape index (κ3) is 4.43. The molecular weight excluding hydrogens is 248 g/mol. The Hall–Kier alpha value is -0.710. The summed E-state index contributed by atoms with van der Waals surface area (Å²) in [5.41, 5.74) is 0.799. The van der Waals surface area contributed by atoms with E-state index in [-0.39, 0.29) is 18.1 Å². The van der Waals surface area contributed by atoms with Crippen LogP contribution in [0.3, 0.4) is 0 Å². The summed E-state index contributed by atoms with van der Waals surface area (Å²) in [6, 6.07) is 7.19. The van der Waals surface area contributed by atoms with E-state index in [1.54, 1.807) is 12.1 Å². The molecule has 0 bridgehead atoms. The number of methoxy groups -OCH3 is 1. The number of halogens is 1. The van der Waals surface area contributed by atoms with Gasteiger partial charge >= 0.3 is 0 Å². The van der Waals surface area contributed by atoms with E-state index >= 15 is 0 Å². The van der Waals surface area contributed by atoms with Crippen LogP contribution in [-0.2, 0) is 26.1 Å². The lowest BCUT2D eigenvalue weighted by atomic mass is 10.2. The fourth-order valence-corrected chi connectivity index (χ4v) is 2.65. The minimum Gasteiger partial charge on any atom is -0.377 e. The number of carbonyl (C=O) groups excluding carboxylic acids is 1. The van der Waals surface area contributed by atoms with Gasteiger partial charge in [0.1, 0.15) is 6.61 Å². The van der Waals surface area contributed by atoms with Crippen LogP contribution in [0.1, 0.15) is 5.56 Å². The van der Waals surface area contributed by atoms with E-state index in [2.05, 4.69) is 4.74 Å². The Bertz CT molecular complexity index is 393. The molecule has 1 atom stereocenters. The van der Waals surface area contributed by atoms with Crippen LogP contribution in [0.15, 0.2) is 24.3 Å². The normalized spacial score (nSPS) is 12.4. The van der Waals surface area contributed by atoms with Gasteiger partial charge in [-0.05, 0) is 11.6 Å². The van der Waals surface area contributed by atoms with Crippen molar-refractivity contribution in [1.82, 2.24) is 0 Å². The summed E-state index contributed by atoms with van der Waals surface area (Å²) in [7, 11) is 0.213. The number of Topliss-reactive ketones (excluding diaryl/α,β-unsaturated/α-hetero) is 1. The molecule has 88 valence electrons. The highest BCUT2D eigenvalue weighted by Crippen LogP contribution is 2.16. The summed E-state index contributed by atoms with van der Waals surface area (Å²) < 4.78 is 16.3. The smallest absolute Gasteiger partial charge is 0.170 e. The minimum absolute atomic E-state index is 0.00820. The lowest BCUT2D eigenvalue weighted by Crippen LogP contribution is -2.16. The van der Waals surface area contributed by atoms with Gasteiger partial charge in [-0.25, -0.2) is 0 Å². The molecule has 1 aromatic rings. The second-order valence-electron chi connectivity index (χ2n) is 3.29. The second kappa shape index (κ2) is 6.78.